The molecule has 3 N–H and O–H groups in total. The molecule has 160 valence electrons. The lowest BCUT2D eigenvalue weighted by Gasteiger charge is -2.15. The molecule has 2 aromatic rings. The molecule has 1 heterocycles. The van der Waals surface area contributed by atoms with E-state index < -0.39 is 12.0 Å². The van der Waals surface area contributed by atoms with Gasteiger partial charge in [0.2, 0.25) is 0 Å². The highest BCUT2D eigenvalue weighted by atomic mass is 16.4. The summed E-state index contributed by atoms with van der Waals surface area (Å²) in [6.45, 7) is 8.45. The Morgan fingerprint density at radius 1 is 1.23 bits per heavy atom. The summed E-state index contributed by atoms with van der Waals surface area (Å²) in [4.78, 5) is 31.0. The van der Waals surface area contributed by atoms with Gasteiger partial charge in [-0.15, -0.1) is 0 Å². The molecule has 0 bridgehead atoms. The highest BCUT2D eigenvalue weighted by Gasteiger charge is 2.28. The van der Waals surface area contributed by atoms with Crippen LogP contribution in [0.3, 0.4) is 0 Å². The minimum atomic E-state index is -0.789. The molecule has 1 aliphatic rings. The standard InChI is InChI=1S/C24H31N3O3/c1-14(2)22(19-9-16(4)23(28)26-13-19)27-20-11-18(6-5-15(20)3)12-25-21(24(29)30)10-17-7-8-17/h5-6,9,11,13-14,17,21,25H,7-8,10,12H2,1-4H3,(H,26,28)(H,29,30)/b27-22+. The van der Waals surface area contributed by atoms with E-state index in [0.29, 0.717) is 24.4 Å². The third-order valence-electron chi connectivity index (χ3n) is 5.56. The van der Waals surface area contributed by atoms with Crippen LogP contribution in [-0.2, 0) is 11.3 Å². The van der Waals surface area contributed by atoms with Crippen LogP contribution in [0.4, 0.5) is 5.69 Å². The molecule has 6 heteroatoms. The van der Waals surface area contributed by atoms with Crippen LogP contribution < -0.4 is 10.9 Å². The third-order valence-corrected chi connectivity index (χ3v) is 5.56. The number of hydrogen-bond acceptors (Lipinski definition) is 4. The van der Waals surface area contributed by atoms with Gasteiger partial charge in [0.1, 0.15) is 6.04 Å². The number of aliphatic imine (C=N–C) groups is 1. The fraction of sp³-hybridized carbons (Fsp3) is 0.458. The van der Waals surface area contributed by atoms with E-state index in [-0.39, 0.29) is 11.5 Å². The zero-order valence-corrected chi connectivity index (χ0v) is 18.2. The van der Waals surface area contributed by atoms with Gasteiger partial charge in [0.15, 0.2) is 0 Å². The number of hydrogen-bond donors (Lipinski definition) is 3. The monoisotopic (exact) mass is 409 g/mol. The molecule has 30 heavy (non-hydrogen) atoms. The number of carboxylic acids is 1. The minimum Gasteiger partial charge on any atom is -0.480 e. The first-order valence-electron chi connectivity index (χ1n) is 10.6. The number of pyridine rings is 1. The lowest BCUT2D eigenvalue weighted by Crippen LogP contribution is -2.36. The molecule has 1 fully saturated rings. The largest absolute Gasteiger partial charge is 0.480 e. The second-order valence-electron chi connectivity index (χ2n) is 8.62. The molecule has 0 aliphatic heterocycles. The van der Waals surface area contributed by atoms with Crippen LogP contribution in [0.25, 0.3) is 0 Å². The topological polar surface area (TPSA) is 94.5 Å². The maximum atomic E-state index is 11.7. The van der Waals surface area contributed by atoms with Gasteiger partial charge in [-0.05, 0) is 55.4 Å². The minimum absolute atomic E-state index is 0.0923. The first kappa shape index (κ1) is 22.0. The zero-order chi connectivity index (χ0) is 21.8. The number of nitrogens with zero attached hydrogens (tertiary/aromatic N) is 1. The summed E-state index contributed by atoms with van der Waals surface area (Å²) >= 11 is 0. The Morgan fingerprint density at radius 3 is 2.57 bits per heavy atom. The summed E-state index contributed by atoms with van der Waals surface area (Å²) in [7, 11) is 0. The Bertz CT molecular complexity index is 1000. The van der Waals surface area contributed by atoms with Crippen LogP contribution >= 0.6 is 0 Å². The lowest BCUT2D eigenvalue weighted by atomic mass is 9.99. The predicted octanol–water partition coefficient (Wildman–Crippen LogP) is 4.11. The summed E-state index contributed by atoms with van der Waals surface area (Å²) in [6.07, 6.45) is 4.67. The molecule has 3 rings (SSSR count). The van der Waals surface area contributed by atoms with E-state index in [1.165, 1.54) is 0 Å². The van der Waals surface area contributed by atoms with Crippen molar-refractivity contribution in [3.05, 3.63) is 63.1 Å². The van der Waals surface area contributed by atoms with Crippen molar-refractivity contribution in [3.8, 4) is 0 Å². The normalized spacial score (nSPS) is 15.4. The molecule has 0 amide bonds. The Morgan fingerprint density at radius 2 is 1.97 bits per heavy atom. The quantitative estimate of drug-likeness (QED) is 0.543. The van der Waals surface area contributed by atoms with E-state index in [9.17, 15) is 14.7 Å². The van der Waals surface area contributed by atoms with Gasteiger partial charge >= 0.3 is 5.97 Å². The summed E-state index contributed by atoms with van der Waals surface area (Å²) in [6, 6.07) is 7.40. The number of aromatic nitrogens is 1. The lowest BCUT2D eigenvalue weighted by molar-refractivity contribution is -0.139. The molecule has 1 aromatic heterocycles. The number of H-pyrrole nitrogens is 1. The molecule has 0 radical (unpaired) electrons. The van der Waals surface area contributed by atoms with Crippen molar-refractivity contribution in [1.82, 2.24) is 10.3 Å². The Labute approximate surface area is 177 Å². The molecule has 1 saturated carbocycles. The van der Waals surface area contributed by atoms with Gasteiger partial charge < -0.3 is 15.4 Å². The molecule has 1 aliphatic carbocycles. The van der Waals surface area contributed by atoms with Crippen molar-refractivity contribution >= 4 is 17.4 Å². The van der Waals surface area contributed by atoms with Gasteiger partial charge in [0, 0.05) is 23.9 Å². The zero-order valence-electron chi connectivity index (χ0n) is 18.2. The van der Waals surface area contributed by atoms with Gasteiger partial charge in [-0.25, -0.2) is 0 Å². The predicted molar refractivity (Wildman–Crippen MR) is 120 cm³/mol. The molecular weight excluding hydrogens is 378 g/mol. The first-order valence-corrected chi connectivity index (χ1v) is 10.6. The maximum absolute atomic E-state index is 11.7. The summed E-state index contributed by atoms with van der Waals surface area (Å²) < 4.78 is 0. The molecule has 0 saturated heterocycles. The van der Waals surface area contributed by atoms with E-state index in [1.54, 1.807) is 13.1 Å². The number of nitrogens with one attached hydrogen (secondary N) is 2. The molecule has 6 nitrogen and oxygen atoms in total. The van der Waals surface area contributed by atoms with Crippen molar-refractivity contribution < 1.29 is 9.90 Å². The molecule has 1 aromatic carbocycles. The number of aryl methyl sites for hydroxylation is 2. The second-order valence-corrected chi connectivity index (χ2v) is 8.62. The van der Waals surface area contributed by atoms with E-state index >= 15 is 0 Å². The average molecular weight is 410 g/mol. The van der Waals surface area contributed by atoms with Crippen molar-refractivity contribution in [2.24, 2.45) is 16.8 Å². The number of aliphatic carboxylic acids is 1. The average Bonchev–Trinajstić information content (AvgIpc) is 3.51. The van der Waals surface area contributed by atoms with E-state index in [2.05, 4.69) is 24.1 Å². The number of carbonyl (C=O) groups is 1. The molecular formula is C24H31N3O3. The van der Waals surface area contributed by atoms with Crippen LogP contribution in [0.2, 0.25) is 0 Å². The molecule has 1 atom stereocenters. The van der Waals surface area contributed by atoms with Crippen molar-refractivity contribution in [2.45, 2.75) is 59.5 Å². The maximum Gasteiger partial charge on any atom is 0.320 e. The summed E-state index contributed by atoms with van der Waals surface area (Å²) in [5.41, 5.74) is 5.28. The van der Waals surface area contributed by atoms with Crippen LogP contribution in [-0.4, -0.2) is 27.8 Å². The number of rotatable bonds is 9. The molecule has 0 spiro atoms. The van der Waals surface area contributed by atoms with Crippen LogP contribution in [0.15, 0.2) is 40.2 Å². The van der Waals surface area contributed by atoms with E-state index in [1.807, 2.05) is 31.2 Å². The highest BCUT2D eigenvalue weighted by molar-refractivity contribution is 6.03. The summed E-state index contributed by atoms with van der Waals surface area (Å²) in [5.74, 6) is -0.0691. The van der Waals surface area contributed by atoms with Crippen LogP contribution in [0.5, 0.6) is 0 Å². The van der Waals surface area contributed by atoms with Crippen molar-refractivity contribution in [2.75, 3.05) is 0 Å². The number of benzene rings is 1. The Kier molecular flexibility index (Phi) is 6.87. The van der Waals surface area contributed by atoms with Crippen LogP contribution in [0.1, 0.15) is 55.4 Å². The van der Waals surface area contributed by atoms with Gasteiger partial charge in [-0.1, -0.05) is 38.8 Å². The molecule has 1 unspecified atom stereocenters. The van der Waals surface area contributed by atoms with Crippen molar-refractivity contribution in [1.29, 1.82) is 0 Å². The van der Waals surface area contributed by atoms with Gasteiger partial charge in [0.25, 0.3) is 5.56 Å². The Balaban J connectivity index is 1.84. The number of carboxylic acid groups (broad SMARTS) is 1. The van der Waals surface area contributed by atoms with E-state index in [4.69, 9.17) is 4.99 Å². The highest BCUT2D eigenvalue weighted by Crippen LogP contribution is 2.33. The third kappa shape index (κ3) is 5.66. The van der Waals surface area contributed by atoms with Gasteiger partial charge in [0.05, 0.1) is 11.4 Å². The first-order chi connectivity index (χ1) is 14.2. The second kappa shape index (κ2) is 9.39. The summed E-state index contributed by atoms with van der Waals surface area (Å²) in [5, 5.41) is 12.7. The van der Waals surface area contributed by atoms with E-state index in [0.717, 1.165) is 40.9 Å². The SMILES string of the molecule is Cc1ccc(CNC(CC2CC2)C(=O)O)cc1/N=C(/c1c[nH]c(=O)c(C)c1)C(C)C. The van der Waals surface area contributed by atoms with Gasteiger partial charge in [-0.3, -0.25) is 14.6 Å². The van der Waals surface area contributed by atoms with Crippen molar-refractivity contribution in [3.63, 3.8) is 0 Å². The Hall–Kier alpha value is -2.73. The fourth-order valence-electron chi connectivity index (χ4n) is 3.49. The number of aromatic amines is 1. The van der Waals surface area contributed by atoms with Crippen LogP contribution in [0, 0.1) is 25.7 Å². The smallest absolute Gasteiger partial charge is 0.320 e. The fourth-order valence-corrected chi connectivity index (χ4v) is 3.49. The van der Waals surface area contributed by atoms with Gasteiger partial charge in [-0.2, -0.15) is 0 Å².